The van der Waals surface area contributed by atoms with Crippen molar-refractivity contribution in [1.82, 2.24) is 0 Å². The highest BCUT2D eigenvalue weighted by molar-refractivity contribution is 5.99. The average molecular weight is 356 g/mol. The van der Waals surface area contributed by atoms with E-state index in [-0.39, 0.29) is 16.8 Å². The zero-order chi connectivity index (χ0) is 18.5. The van der Waals surface area contributed by atoms with Gasteiger partial charge in [0.05, 0.1) is 36.5 Å². The third-order valence-corrected chi connectivity index (χ3v) is 3.77. The Morgan fingerprint density at radius 2 is 2.00 bits per heavy atom. The van der Waals surface area contributed by atoms with Crippen LogP contribution in [-0.2, 0) is 14.2 Å². The number of benzene rings is 2. The van der Waals surface area contributed by atoms with E-state index >= 15 is 0 Å². The summed E-state index contributed by atoms with van der Waals surface area (Å²) in [5, 5.41) is 11.4. The van der Waals surface area contributed by atoms with Crippen LogP contribution in [-0.4, -0.2) is 37.4 Å². The van der Waals surface area contributed by atoms with Gasteiger partial charge in [0.25, 0.3) is 5.69 Å². The van der Waals surface area contributed by atoms with Crippen molar-refractivity contribution < 1.29 is 23.9 Å². The number of carbonyl (C=O) groups excluding carboxylic acids is 1. The number of ether oxygens (including phenoxy) is 3. The number of rotatable bonds is 5. The highest BCUT2D eigenvalue weighted by Crippen LogP contribution is 2.27. The number of nitro groups is 1. The molecule has 0 radical (unpaired) electrons. The summed E-state index contributed by atoms with van der Waals surface area (Å²) >= 11 is 0. The number of para-hydroxylation sites is 1. The van der Waals surface area contributed by atoms with Crippen LogP contribution >= 0.6 is 0 Å². The zero-order valence-electron chi connectivity index (χ0n) is 14.0. The van der Waals surface area contributed by atoms with Gasteiger partial charge in [0, 0.05) is 11.8 Å². The molecule has 1 saturated heterocycles. The highest BCUT2D eigenvalue weighted by Gasteiger charge is 2.24. The third-order valence-electron chi connectivity index (χ3n) is 3.77. The lowest BCUT2D eigenvalue weighted by molar-refractivity contribution is -0.385. The van der Waals surface area contributed by atoms with Crippen LogP contribution in [0.4, 0.5) is 11.4 Å². The second kappa shape index (κ2) is 7.85. The number of nitrogens with zero attached hydrogens (tertiary/aromatic N) is 2. The van der Waals surface area contributed by atoms with E-state index in [9.17, 15) is 14.9 Å². The Bertz CT molecular complexity index is 859. The molecule has 8 heteroatoms. The fourth-order valence-electron chi connectivity index (χ4n) is 2.59. The van der Waals surface area contributed by atoms with Crippen molar-refractivity contribution in [1.29, 1.82) is 0 Å². The van der Waals surface area contributed by atoms with Crippen LogP contribution in [0.15, 0.2) is 47.5 Å². The van der Waals surface area contributed by atoms with E-state index in [4.69, 9.17) is 9.47 Å². The van der Waals surface area contributed by atoms with Crippen LogP contribution < -0.4 is 0 Å². The fourth-order valence-corrected chi connectivity index (χ4v) is 2.59. The lowest BCUT2D eigenvalue weighted by Gasteiger charge is -2.09. The summed E-state index contributed by atoms with van der Waals surface area (Å²) in [6.45, 7) is 1.06. The SMILES string of the molecule is COC(=O)c1cccc(C=Nc2cccc(C3OCCO3)c2)c1[N+](=O)[O-]. The monoisotopic (exact) mass is 356 g/mol. The van der Waals surface area contributed by atoms with E-state index in [0.717, 1.165) is 5.56 Å². The van der Waals surface area contributed by atoms with Crippen molar-refractivity contribution in [3.8, 4) is 0 Å². The molecule has 3 rings (SSSR count). The first-order valence-corrected chi connectivity index (χ1v) is 7.83. The van der Waals surface area contributed by atoms with Crippen molar-refractivity contribution in [2.24, 2.45) is 4.99 Å². The van der Waals surface area contributed by atoms with Gasteiger partial charge in [-0.2, -0.15) is 0 Å². The minimum atomic E-state index is -0.774. The molecular formula is C18H16N2O6. The van der Waals surface area contributed by atoms with E-state index in [1.807, 2.05) is 6.07 Å². The maximum Gasteiger partial charge on any atom is 0.344 e. The summed E-state index contributed by atoms with van der Waals surface area (Å²) in [6, 6.07) is 11.6. The van der Waals surface area contributed by atoms with Crippen LogP contribution in [0.1, 0.15) is 27.8 Å². The molecule has 0 bridgehead atoms. The van der Waals surface area contributed by atoms with E-state index in [1.165, 1.54) is 31.5 Å². The normalized spacial score (nSPS) is 14.7. The van der Waals surface area contributed by atoms with Gasteiger partial charge in [-0.25, -0.2) is 4.79 Å². The predicted octanol–water partition coefficient (Wildman–Crippen LogP) is 3.18. The highest BCUT2D eigenvalue weighted by atomic mass is 16.7. The first-order valence-electron chi connectivity index (χ1n) is 7.83. The second-order valence-corrected chi connectivity index (χ2v) is 5.42. The fraction of sp³-hybridized carbons (Fsp3) is 0.222. The summed E-state index contributed by atoms with van der Waals surface area (Å²) in [6.07, 6.45) is 0.919. The molecule has 2 aromatic carbocycles. The Morgan fingerprint density at radius 1 is 1.27 bits per heavy atom. The maximum atomic E-state index is 11.8. The molecule has 1 aliphatic heterocycles. The maximum absolute atomic E-state index is 11.8. The Balaban J connectivity index is 1.92. The third kappa shape index (κ3) is 3.76. The van der Waals surface area contributed by atoms with E-state index in [0.29, 0.717) is 18.9 Å². The van der Waals surface area contributed by atoms with Crippen LogP contribution in [0.25, 0.3) is 0 Å². The van der Waals surface area contributed by atoms with Gasteiger partial charge in [-0.15, -0.1) is 0 Å². The molecule has 0 N–H and O–H groups in total. The van der Waals surface area contributed by atoms with Gasteiger partial charge in [0.1, 0.15) is 5.56 Å². The number of hydrogen-bond acceptors (Lipinski definition) is 7. The van der Waals surface area contributed by atoms with Crippen LogP contribution in [0.2, 0.25) is 0 Å². The molecule has 0 spiro atoms. The summed E-state index contributed by atoms with van der Waals surface area (Å²) in [5.74, 6) is -0.774. The van der Waals surface area contributed by atoms with Gasteiger partial charge >= 0.3 is 5.97 Å². The Labute approximate surface area is 149 Å². The summed E-state index contributed by atoms with van der Waals surface area (Å²) in [5.41, 5.74) is 1.13. The Hall–Kier alpha value is -3.10. The molecule has 0 aromatic heterocycles. The van der Waals surface area contributed by atoms with Crippen molar-refractivity contribution in [2.75, 3.05) is 20.3 Å². The molecule has 0 unspecified atom stereocenters. The van der Waals surface area contributed by atoms with Gasteiger partial charge in [0.15, 0.2) is 6.29 Å². The largest absolute Gasteiger partial charge is 0.465 e. The number of carbonyl (C=O) groups is 1. The Morgan fingerprint density at radius 3 is 2.69 bits per heavy atom. The number of nitro benzene ring substituents is 1. The van der Waals surface area contributed by atoms with Gasteiger partial charge in [-0.3, -0.25) is 15.1 Å². The van der Waals surface area contributed by atoms with Crippen LogP contribution in [0.3, 0.4) is 0 Å². The number of hydrogen-bond donors (Lipinski definition) is 0. The molecule has 134 valence electrons. The average Bonchev–Trinajstić information content (AvgIpc) is 3.20. The quantitative estimate of drug-likeness (QED) is 0.353. The summed E-state index contributed by atoms with van der Waals surface area (Å²) < 4.78 is 15.5. The number of esters is 1. The number of methoxy groups -OCH3 is 1. The first kappa shape index (κ1) is 17.7. The molecule has 1 heterocycles. The molecule has 1 aliphatic rings. The molecular weight excluding hydrogens is 340 g/mol. The Kier molecular flexibility index (Phi) is 5.35. The molecule has 0 amide bonds. The first-order chi connectivity index (χ1) is 12.6. The zero-order valence-corrected chi connectivity index (χ0v) is 14.0. The molecule has 0 atom stereocenters. The van der Waals surface area contributed by atoms with E-state index in [1.54, 1.807) is 18.2 Å². The van der Waals surface area contributed by atoms with E-state index < -0.39 is 17.2 Å². The van der Waals surface area contributed by atoms with Crippen molar-refractivity contribution in [2.45, 2.75) is 6.29 Å². The molecule has 26 heavy (non-hydrogen) atoms. The standard InChI is InChI=1S/C18H16N2O6/c1-24-17(21)15-7-3-5-13(16(15)20(22)23)11-19-14-6-2-4-12(10-14)18-25-8-9-26-18/h2-7,10-11,18H,8-9H2,1H3. The lowest BCUT2D eigenvalue weighted by Crippen LogP contribution is -2.07. The number of aliphatic imine (C=N–C) groups is 1. The molecule has 0 saturated carbocycles. The summed E-state index contributed by atoms with van der Waals surface area (Å²) in [4.78, 5) is 26.8. The minimum Gasteiger partial charge on any atom is -0.465 e. The van der Waals surface area contributed by atoms with Crippen LogP contribution in [0, 0.1) is 10.1 Å². The second-order valence-electron chi connectivity index (χ2n) is 5.42. The lowest BCUT2D eigenvalue weighted by atomic mass is 10.1. The summed E-state index contributed by atoms with van der Waals surface area (Å²) in [7, 11) is 1.17. The van der Waals surface area contributed by atoms with E-state index in [2.05, 4.69) is 9.73 Å². The minimum absolute atomic E-state index is 0.122. The van der Waals surface area contributed by atoms with Gasteiger partial charge < -0.3 is 14.2 Å². The smallest absolute Gasteiger partial charge is 0.344 e. The van der Waals surface area contributed by atoms with Crippen molar-refractivity contribution in [3.05, 3.63) is 69.3 Å². The van der Waals surface area contributed by atoms with Crippen LogP contribution in [0.5, 0.6) is 0 Å². The van der Waals surface area contributed by atoms with Gasteiger partial charge in [0.2, 0.25) is 0 Å². The molecule has 1 fully saturated rings. The molecule has 2 aromatic rings. The van der Waals surface area contributed by atoms with Gasteiger partial charge in [-0.05, 0) is 24.3 Å². The topological polar surface area (TPSA) is 100 Å². The van der Waals surface area contributed by atoms with Crippen molar-refractivity contribution >= 4 is 23.6 Å². The molecule has 8 nitrogen and oxygen atoms in total. The van der Waals surface area contributed by atoms with Crippen molar-refractivity contribution in [3.63, 3.8) is 0 Å². The predicted molar refractivity (Wildman–Crippen MR) is 92.8 cm³/mol. The molecule has 0 aliphatic carbocycles. The van der Waals surface area contributed by atoms with Gasteiger partial charge in [-0.1, -0.05) is 18.2 Å².